The number of aryl methyl sites for hydroxylation is 9. The third-order valence-electron chi connectivity index (χ3n) is 9.63. The Morgan fingerprint density at radius 1 is 0.283 bits per heavy atom. The van der Waals surface area contributed by atoms with E-state index in [4.69, 9.17) is 0 Å². The molecule has 6 aromatic carbocycles. The maximum absolute atomic E-state index is 2.34. The molecule has 0 nitrogen and oxygen atoms in total. The molecule has 230 valence electrons. The van der Waals surface area contributed by atoms with Crippen LogP contribution in [-0.2, 0) is 0 Å². The summed E-state index contributed by atoms with van der Waals surface area (Å²) in [5, 5.41) is 0. The van der Waals surface area contributed by atoms with Gasteiger partial charge in [-0.3, -0.25) is 0 Å². The molecule has 0 amide bonds. The Morgan fingerprint density at radius 3 is 0.674 bits per heavy atom. The molecule has 0 aliphatic heterocycles. The van der Waals surface area contributed by atoms with Gasteiger partial charge in [0.2, 0.25) is 0 Å². The molecule has 0 radical (unpaired) electrons. The van der Waals surface area contributed by atoms with Crippen LogP contribution in [0.4, 0.5) is 0 Å². The predicted octanol–water partition coefficient (Wildman–Crippen LogP) is 12.6. The van der Waals surface area contributed by atoms with Crippen molar-refractivity contribution in [2.75, 3.05) is 0 Å². The molecule has 0 unspecified atom stereocenters. The topological polar surface area (TPSA) is 0 Å². The number of hydrogen-bond donors (Lipinski definition) is 0. The van der Waals surface area contributed by atoms with Gasteiger partial charge in [0.15, 0.2) is 0 Å². The van der Waals surface area contributed by atoms with Gasteiger partial charge in [-0.2, -0.15) is 0 Å². The molecule has 0 bridgehead atoms. The lowest BCUT2D eigenvalue weighted by molar-refractivity contribution is 0.978. The van der Waals surface area contributed by atoms with Crippen LogP contribution in [0, 0.1) is 62.3 Å². The van der Waals surface area contributed by atoms with E-state index < -0.39 is 0 Å². The summed E-state index contributed by atoms with van der Waals surface area (Å²) in [6.07, 6.45) is 0. The van der Waals surface area contributed by atoms with Gasteiger partial charge in [-0.15, -0.1) is 0 Å². The van der Waals surface area contributed by atoms with Crippen LogP contribution in [0.2, 0.25) is 0 Å². The van der Waals surface area contributed by atoms with E-state index in [1.165, 1.54) is 100 Å². The van der Waals surface area contributed by atoms with E-state index in [-0.39, 0.29) is 5.92 Å². The molecule has 46 heavy (non-hydrogen) atoms. The highest BCUT2D eigenvalue weighted by Crippen LogP contribution is 2.38. The Balaban J connectivity index is 1.43. The summed E-state index contributed by atoms with van der Waals surface area (Å²) in [6.45, 7) is 19.9. The van der Waals surface area contributed by atoms with E-state index in [1.54, 1.807) is 0 Å². The van der Waals surface area contributed by atoms with Crippen molar-refractivity contribution in [3.8, 4) is 33.4 Å². The van der Waals surface area contributed by atoms with E-state index in [9.17, 15) is 0 Å². The zero-order valence-electron chi connectivity index (χ0n) is 29.0. The number of benzene rings is 6. The highest BCUT2D eigenvalue weighted by molar-refractivity contribution is 5.74. The van der Waals surface area contributed by atoms with Gasteiger partial charge in [0.1, 0.15) is 0 Å². The molecule has 0 saturated heterocycles. The van der Waals surface area contributed by atoms with Crippen LogP contribution >= 0.6 is 0 Å². The summed E-state index contributed by atoms with van der Waals surface area (Å²) in [4.78, 5) is 0. The van der Waals surface area contributed by atoms with Crippen molar-refractivity contribution in [1.29, 1.82) is 0 Å². The fourth-order valence-electron chi connectivity index (χ4n) is 8.01. The lowest BCUT2D eigenvalue weighted by atomic mass is 9.82. The maximum Gasteiger partial charge on any atom is 0.0340 e. The molecule has 0 aliphatic rings. The molecule has 0 N–H and O–H groups in total. The smallest absolute Gasteiger partial charge is 0.0340 e. The highest BCUT2D eigenvalue weighted by atomic mass is 14.2. The second-order valence-electron chi connectivity index (χ2n) is 13.6. The van der Waals surface area contributed by atoms with Gasteiger partial charge in [0.05, 0.1) is 0 Å². The van der Waals surface area contributed by atoms with Crippen molar-refractivity contribution in [3.63, 3.8) is 0 Å². The number of hydrogen-bond acceptors (Lipinski definition) is 0. The van der Waals surface area contributed by atoms with Crippen LogP contribution in [0.3, 0.4) is 0 Å². The van der Waals surface area contributed by atoms with Gasteiger partial charge in [0.25, 0.3) is 0 Å². The normalized spacial score (nSPS) is 11.3. The van der Waals surface area contributed by atoms with Crippen LogP contribution in [0.15, 0.2) is 109 Å². The first-order chi connectivity index (χ1) is 22.0. The van der Waals surface area contributed by atoms with Crippen molar-refractivity contribution < 1.29 is 0 Å². The van der Waals surface area contributed by atoms with Crippen molar-refractivity contribution >= 4 is 0 Å². The van der Waals surface area contributed by atoms with E-state index in [0.29, 0.717) is 0 Å². The Morgan fingerprint density at radius 2 is 0.478 bits per heavy atom. The van der Waals surface area contributed by atoms with Crippen molar-refractivity contribution in [2.24, 2.45) is 0 Å². The minimum Gasteiger partial charge on any atom is -0.0575 e. The molecule has 0 saturated carbocycles. The van der Waals surface area contributed by atoms with Crippen LogP contribution in [0.5, 0.6) is 0 Å². The molecule has 0 spiro atoms. The minimum atomic E-state index is 0.123. The Hall–Kier alpha value is -4.68. The largest absolute Gasteiger partial charge is 0.0575 e. The van der Waals surface area contributed by atoms with E-state index in [0.717, 1.165) is 0 Å². The fraction of sp³-hybridized carbons (Fsp3) is 0.217. The standard InChI is InChI=1S/C46H46/c1-28-22-31(4)43(32(5)23-28)37-10-16-40(17-11-37)46(41-18-12-38(13-19-41)44-33(6)24-29(2)25-34(44)7)42-20-14-39(15-21-42)45-35(8)26-30(3)27-36(45)9/h10-27,46H,1-9H3. The molecule has 0 atom stereocenters. The summed E-state index contributed by atoms with van der Waals surface area (Å²) in [7, 11) is 0. The Labute approximate surface area is 276 Å². The number of rotatable bonds is 6. The molecular formula is C46H46. The van der Waals surface area contributed by atoms with E-state index in [1.807, 2.05) is 0 Å². The third kappa shape index (κ3) is 6.10. The lowest BCUT2D eigenvalue weighted by Crippen LogP contribution is -2.04. The SMILES string of the molecule is Cc1cc(C)c(-c2ccc(C(c3ccc(-c4c(C)cc(C)cc4C)cc3)c3ccc(-c4c(C)cc(C)cc4C)cc3)cc2)c(C)c1. The van der Waals surface area contributed by atoms with Gasteiger partial charge in [0, 0.05) is 5.92 Å². The second-order valence-corrected chi connectivity index (χ2v) is 13.6. The fourth-order valence-corrected chi connectivity index (χ4v) is 8.01. The monoisotopic (exact) mass is 598 g/mol. The highest BCUT2D eigenvalue weighted by Gasteiger charge is 2.19. The van der Waals surface area contributed by atoms with Crippen LogP contribution < -0.4 is 0 Å². The van der Waals surface area contributed by atoms with Crippen molar-refractivity contribution in [2.45, 2.75) is 68.2 Å². The van der Waals surface area contributed by atoms with Crippen molar-refractivity contribution in [3.05, 3.63) is 176 Å². The molecule has 6 aromatic rings. The summed E-state index contributed by atoms with van der Waals surface area (Å²) in [6, 6.07) is 41.6. The molecule has 0 heterocycles. The first-order valence-corrected chi connectivity index (χ1v) is 16.5. The zero-order chi connectivity index (χ0) is 32.7. The summed E-state index contributed by atoms with van der Waals surface area (Å²) < 4.78 is 0. The predicted molar refractivity (Wildman–Crippen MR) is 199 cm³/mol. The first-order valence-electron chi connectivity index (χ1n) is 16.5. The second kappa shape index (κ2) is 12.6. The first kappa shape index (κ1) is 31.3. The third-order valence-corrected chi connectivity index (χ3v) is 9.63. The van der Waals surface area contributed by atoms with Gasteiger partial charge in [-0.1, -0.05) is 126 Å². The molecule has 0 fully saturated rings. The molecular weight excluding hydrogens is 553 g/mol. The van der Waals surface area contributed by atoms with Gasteiger partial charge < -0.3 is 0 Å². The van der Waals surface area contributed by atoms with Crippen LogP contribution in [0.25, 0.3) is 33.4 Å². The summed E-state index contributed by atoms with van der Waals surface area (Å²) in [5.74, 6) is 0.123. The van der Waals surface area contributed by atoms with Crippen LogP contribution in [-0.4, -0.2) is 0 Å². The van der Waals surface area contributed by atoms with E-state index >= 15 is 0 Å². The maximum atomic E-state index is 2.34. The average Bonchev–Trinajstić information content (AvgIpc) is 2.98. The van der Waals surface area contributed by atoms with E-state index in [2.05, 4.69) is 172 Å². The lowest BCUT2D eigenvalue weighted by Gasteiger charge is -2.21. The molecule has 6 rings (SSSR count). The van der Waals surface area contributed by atoms with Gasteiger partial charge in [-0.25, -0.2) is 0 Å². The Bertz CT molecular complexity index is 1730. The van der Waals surface area contributed by atoms with Crippen LogP contribution in [0.1, 0.15) is 72.7 Å². The van der Waals surface area contributed by atoms with Crippen molar-refractivity contribution in [1.82, 2.24) is 0 Å². The Kier molecular flexibility index (Phi) is 8.58. The molecule has 0 aliphatic carbocycles. The molecule has 0 aromatic heterocycles. The minimum absolute atomic E-state index is 0.123. The molecule has 0 heteroatoms. The van der Waals surface area contributed by atoms with Gasteiger partial charge >= 0.3 is 0 Å². The quantitative estimate of drug-likeness (QED) is 0.167. The average molecular weight is 599 g/mol. The summed E-state index contributed by atoms with van der Waals surface area (Å²) in [5.41, 5.74) is 23.7. The zero-order valence-corrected chi connectivity index (χ0v) is 29.0. The summed E-state index contributed by atoms with van der Waals surface area (Å²) >= 11 is 0. The van der Waals surface area contributed by atoms with Gasteiger partial charge in [-0.05, 0) is 146 Å².